The minimum atomic E-state index is 0.874. The van der Waals surface area contributed by atoms with Crippen LogP contribution in [-0.4, -0.2) is 7.85 Å². The summed E-state index contributed by atoms with van der Waals surface area (Å²) < 4.78 is 0. The molecule has 0 saturated heterocycles. The van der Waals surface area contributed by atoms with Crippen LogP contribution in [0.25, 0.3) is 0 Å². The third kappa shape index (κ3) is 4.94. The fraction of sp³-hybridized carbons (Fsp3) is 0.333. The van der Waals surface area contributed by atoms with Crippen LogP contribution in [0.5, 0.6) is 0 Å². The summed E-state index contributed by atoms with van der Waals surface area (Å²) in [4.78, 5) is 0. The van der Waals surface area contributed by atoms with Crippen LogP contribution in [-0.2, 0) is 0 Å². The summed E-state index contributed by atoms with van der Waals surface area (Å²) in [5.74, 6) is 0. The fourth-order valence-electron chi connectivity index (χ4n) is 1.90. The van der Waals surface area contributed by atoms with Gasteiger partial charge in [-0.25, -0.2) is 0 Å². The molecule has 0 atom stereocenters. The van der Waals surface area contributed by atoms with E-state index in [2.05, 4.69) is 47.8 Å². The van der Waals surface area contributed by atoms with Gasteiger partial charge >= 0.3 is 0 Å². The smallest absolute Gasteiger partial charge is 0.108 e. The van der Waals surface area contributed by atoms with Gasteiger partial charge in [0.2, 0.25) is 0 Å². The van der Waals surface area contributed by atoms with Crippen molar-refractivity contribution in [3.63, 3.8) is 0 Å². The highest BCUT2D eigenvalue weighted by atomic mass is 14.1. The lowest BCUT2D eigenvalue weighted by Gasteiger charge is -2.14. The Morgan fingerprint density at radius 1 is 1.00 bits per heavy atom. The third-order valence-corrected chi connectivity index (χ3v) is 3.50. The van der Waals surface area contributed by atoms with E-state index in [1.54, 1.807) is 6.08 Å². The van der Waals surface area contributed by atoms with Gasteiger partial charge in [0.25, 0.3) is 0 Å². The monoisotopic (exact) mass is 252 g/mol. The molecule has 0 aromatic rings. The molecule has 0 heterocycles. The molecule has 0 saturated carbocycles. The van der Waals surface area contributed by atoms with E-state index in [0.29, 0.717) is 0 Å². The first-order chi connectivity index (χ1) is 8.90. The molecule has 0 bridgehead atoms. The van der Waals surface area contributed by atoms with Crippen molar-refractivity contribution >= 4 is 7.85 Å². The number of hydrogen-bond donors (Lipinski definition) is 0. The van der Waals surface area contributed by atoms with Gasteiger partial charge in [0.15, 0.2) is 0 Å². The number of rotatable bonds is 6. The van der Waals surface area contributed by atoms with Gasteiger partial charge < -0.3 is 0 Å². The maximum Gasteiger partial charge on any atom is 0.108 e. The standard InChI is InChI=1S/C18H25B/c1-8-11-12-13(4)17(9-2)15(6)14(5)16(7)18(19)10-3/h8-9,11-12H,1-2,10H2,3-7H3/b12-11-,15-14+,17-13+,18-16+. The summed E-state index contributed by atoms with van der Waals surface area (Å²) in [6.07, 6.45) is 8.53. The molecule has 19 heavy (non-hydrogen) atoms. The Hall–Kier alpha value is -1.50. The lowest BCUT2D eigenvalue weighted by molar-refractivity contribution is 1.13. The zero-order chi connectivity index (χ0) is 15.0. The molecule has 0 aliphatic carbocycles. The fourth-order valence-corrected chi connectivity index (χ4v) is 1.90. The van der Waals surface area contributed by atoms with Gasteiger partial charge in [-0.3, -0.25) is 0 Å². The topological polar surface area (TPSA) is 0 Å². The molecule has 0 aliphatic rings. The summed E-state index contributed by atoms with van der Waals surface area (Å²) in [6.45, 7) is 18.1. The molecule has 100 valence electrons. The maximum absolute atomic E-state index is 6.03. The van der Waals surface area contributed by atoms with Gasteiger partial charge in [0, 0.05) is 0 Å². The van der Waals surface area contributed by atoms with Gasteiger partial charge in [0.05, 0.1) is 0 Å². The van der Waals surface area contributed by atoms with Crippen LogP contribution in [0.3, 0.4) is 0 Å². The van der Waals surface area contributed by atoms with E-state index in [9.17, 15) is 0 Å². The van der Waals surface area contributed by atoms with Crippen LogP contribution in [0.2, 0.25) is 0 Å². The largest absolute Gasteiger partial charge is 0.115 e. The molecule has 0 amide bonds. The van der Waals surface area contributed by atoms with E-state index in [4.69, 9.17) is 7.85 Å². The molecular formula is C18H25B. The Morgan fingerprint density at radius 3 is 2.00 bits per heavy atom. The molecule has 0 spiro atoms. The van der Waals surface area contributed by atoms with E-state index < -0.39 is 0 Å². The predicted octanol–water partition coefficient (Wildman–Crippen LogP) is 5.42. The van der Waals surface area contributed by atoms with Crippen LogP contribution >= 0.6 is 0 Å². The molecule has 0 aromatic heterocycles. The van der Waals surface area contributed by atoms with Crippen LogP contribution in [0.15, 0.2) is 70.8 Å². The average molecular weight is 252 g/mol. The summed E-state index contributed by atoms with van der Waals surface area (Å²) in [5.41, 5.74) is 6.88. The van der Waals surface area contributed by atoms with Crippen molar-refractivity contribution in [2.24, 2.45) is 0 Å². The first kappa shape index (κ1) is 17.5. The first-order valence-corrected chi connectivity index (χ1v) is 6.66. The number of allylic oxidation sites excluding steroid dienone is 10. The highest BCUT2D eigenvalue weighted by molar-refractivity contribution is 6.22. The third-order valence-electron chi connectivity index (χ3n) is 3.50. The highest BCUT2D eigenvalue weighted by Crippen LogP contribution is 2.25. The van der Waals surface area contributed by atoms with Crippen molar-refractivity contribution in [2.45, 2.75) is 41.0 Å². The normalized spacial score (nSPS) is 15.6. The second kappa shape index (κ2) is 8.58. The van der Waals surface area contributed by atoms with E-state index in [0.717, 1.165) is 17.5 Å². The van der Waals surface area contributed by atoms with Crippen LogP contribution < -0.4 is 0 Å². The lowest BCUT2D eigenvalue weighted by atomic mass is 9.83. The van der Waals surface area contributed by atoms with Gasteiger partial charge in [-0.15, -0.1) is 5.47 Å². The molecule has 1 heteroatoms. The Bertz CT molecular complexity index is 468. The SMILES string of the molecule is [B]/C(CC)=C(C)/C(C)=C(C)/C(C=C)=C(C)/C=C\C=C. The van der Waals surface area contributed by atoms with Crippen molar-refractivity contribution < 1.29 is 0 Å². The first-order valence-electron chi connectivity index (χ1n) is 6.66. The molecule has 0 nitrogen and oxygen atoms in total. The minimum Gasteiger partial charge on any atom is -0.115 e. The lowest BCUT2D eigenvalue weighted by Crippen LogP contribution is -1.95. The van der Waals surface area contributed by atoms with Crippen molar-refractivity contribution in [3.8, 4) is 0 Å². The summed E-state index contributed by atoms with van der Waals surface area (Å²) in [5, 5.41) is 0. The molecule has 0 aromatic carbocycles. The van der Waals surface area contributed by atoms with E-state index >= 15 is 0 Å². The van der Waals surface area contributed by atoms with Gasteiger partial charge in [-0.1, -0.05) is 50.0 Å². The van der Waals surface area contributed by atoms with E-state index in [1.807, 2.05) is 18.2 Å². The molecule has 0 rings (SSSR count). The van der Waals surface area contributed by atoms with Crippen molar-refractivity contribution in [3.05, 3.63) is 70.8 Å². The van der Waals surface area contributed by atoms with Crippen molar-refractivity contribution in [1.82, 2.24) is 0 Å². The summed E-state index contributed by atoms with van der Waals surface area (Å²) in [6, 6.07) is 0. The van der Waals surface area contributed by atoms with E-state index in [-0.39, 0.29) is 0 Å². The second-order valence-corrected chi connectivity index (χ2v) is 4.65. The van der Waals surface area contributed by atoms with Crippen LogP contribution in [0.1, 0.15) is 41.0 Å². The van der Waals surface area contributed by atoms with Crippen molar-refractivity contribution in [1.29, 1.82) is 0 Å². The molecule has 2 radical (unpaired) electrons. The summed E-state index contributed by atoms with van der Waals surface area (Å²) >= 11 is 0. The quantitative estimate of drug-likeness (QED) is 0.437. The molecule has 0 fully saturated rings. The zero-order valence-corrected chi connectivity index (χ0v) is 13.0. The highest BCUT2D eigenvalue weighted by Gasteiger charge is 2.06. The van der Waals surface area contributed by atoms with Crippen molar-refractivity contribution in [2.75, 3.05) is 0 Å². The van der Waals surface area contributed by atoms with Crippen LogP contribution in [0.4, 0.5) is 0 Å². The Labute approximate surface area is 120 Å². The molecule has 0 N–H and O–H groups in total. The average Bonchev–Trinajstić information content (AvgIpc) is 2.42. The summed E-state index contributed by atoms with van der Waals surface area (Å²) in [7, 11) is 6.03. The Kier molecular flexibility index (Phi) is 7.90. The van der Waals surface area contributed by atoms with Gasteiger partial charge in [-0.2, -0.15) is 0 Å². The number of hydrogen-bond acceptors (Lipinski definition) is 0. The predicted molar refractivity (Wildman–Crippen MR) is 89.4 cm³/mol. The Balaban J connectivity index is 5.83. The second-order valence-electron chi connectivity index (χ2n) is 4.65. The molecule has 0 unspecified atom stereocenters. The van der Waals surface area contributed by atoms with Gasteiger partial charge in [0.1, 0.15) is 7.85 Å². The van der Waals surface area contributed by atoms with Gasteiger partial charge in [-0.05, 0) is 56.4 Å². The van der Waals surface area contributed by atoms with Crippen LogP contribution in [0, 0.1) is 0 Å². The Morgan fingerprint density at radius 2 is 1.58 bits per heavy atom. The molecular weight excluding hydrogens is 227 g/mol. The molecule has 0 aliphatic heterocycles. The minimum absolute atomic E-state index is 0.874. The van der Waals surface area contributed by atoms with E-state index in [1.165, 1.54) is 22.3 Å². The maximum atomic E-state index is 6.03. The zero-order valence-electron chi connectivity index (χ0n) is 13.0.